The highest BCUT2D eigenvalue weighted by Crippen LogP contribution is 2.25. The Balaban J connectivity index is 1.72. The first-order valence-corrected chi connectivity index (χ1v) is 7.82. The Bertz CT molecular complexity index is 512. The minimum absolute atomic E-state index is 0.00827. The van der Waals surface area contributed by atoms with Crippen molar-refractivity contribution in [1.29, 1.82) is 0 Å². The molecule has 0 spiro atoms. The van der Waals surface area contributed by atoms with Crippen LogP contribution < -0.4 is 10.1 Å². The van der Waals surface area contributed by atoms with E-state index in [2.05, 4.69) is 5.32 Å². The summed E-state index contributed by atoms with van der Waals surface area (Å²) in [5.41, 5.74) is 1.09. The maximum absolute atomic E-state index is 11.9. The number of aliphatic carboxylic acids is 1. The predicted octanol–water partition coefficient (Wildman–Crippen LogP) is 2.39. The molecule has 1 aromatic carbocycles. The Morgan fingerprint density at radius 3 is 2.59 bits per heavy atom. The van der Waals surface area contributed by atoms with Crippen LogP contribution >= 0.6 is 0 Å². The Morgan fingerprint density at radius 1 is 1.27 bits per heavy atom. The summed E-state index contributed by atoms with van der Waals surface area (Å²) in [7, 11) is 0. The van der Waals surface area contributed by atoms with E-state index in [1.54, 1.807) is 0 Å². The van der Waals surface area contributed by atoms with Crippen LogP contribution in [0.25, 0.3) is 0 Å². The van der Waals surface area contributed by atoms with Gasteiger partial charge >= 0.3 is 5.97 Å². The predicted molar refractivity (Wildman–Crippen MR) is 82.8 cm³/mol. The zero-order valence-electron chi connectivity index (χ0n) is 12.9. The van der Waals surface area contributed by atoms with Gasteiger partial charge in [-0.25, -0.2) is 0 Å². The van der Waals surface area contributed by atoms with Gasteiger partial charge in [-0.2, -0.15) is 0 Å². The monoisotopic (exact) mass is 305 g/mol. The zero-order valence-corrected chi connectivity index (χ0v) is 12.9. The van der Waals surface area contributed by atoms with Crippen molar-refractivity contribution in [3.63, 3.8) is 0 Å². The molecule has 120 valence electrons. The van der Waals surface area contributed by atoms with Crippen molar-refractivity contribution in [2.75, 3.05) is 6.61 Å². The van der Waals surface area contributed by atoms with E-state index in [9.17, 15) is 9.59 Å². The van der Waals surface area contributed by atoms with E-state index in [-0.39, 0.29) is 17.9 Å². The van der Waals surface area contributed by atoms with Crippen molar-refractivity contribution in [2.45, 2.75) is 45.1 Å². The highest BCUT2D eigenvalue weighted by Gasteiger charge is 2.30. The van der Waals surface area contributed by atoms with Crippen molar-refractivity contribution >= 4 is 11.9 Å². The molecule has 1 aromatic rings. The van der Waals surface area contributed by atoms with Crippen LogP contribution in [0.5, 0.6) is 5.75 Å². The van der Waals surface area contributed by atoms with Gasteiger partial charge in [-0.3, -0.25) is 9.59 Å². The van der Waals surface area contributed by atoms with E-state index in [1.807, 2.05) is 31.2 Å². The first-order valence-electron chi connectivity index (χ1n) is 7.82. The summed E-state index contributed by atoms with van der Waals surface area (Å²) >= 11 is 0. The second kappa shape index (κ2) is 7.82. The number of amides is 1. The van der Waals surface area contributed by atoms with Gasteiger partial charge < -0.3 is 15.2 Å². The number of carboxylic acids is 1. The third-order valence-electron chi connectivity index (χ3n) is 4.02. The smallest absolute Gasteiger partial charge is 0.306 e. The van der Waals surface area contributed by atoms with E-state index in [0.717, 1.165) is 17.7 Å². The molecule has 2 N–H and O–H groups in total. The minimum Gasteiger partial charge on any atom is -0.494 e. The van der Waals surface area contributed by atoms with Gasteiger partial charge in [0.2, 0.25) is 5.91 Å². The van der Waals surface area contributed by atoms with Crippen LogP contribution in [0.3, 0.4) is 0 Å². The number of carbonyl (C=O) groups is 2. The summed E-state index contributed by atoms with van der Waals surface area (Å²) in [6.45, 7) is 2.58. The van der Waals surface area contributed by atoms with Crippen LogP contribution in [0.2, 0.25) is 0 Å². The molecule has 0 radical (unpaired) electrons. The van der Waals surface area contributed by atoms with Crippen LogP contribution in [-0.4, -0.2) is 29.6 Å². The van der Waals surface area contributed by atoms with E-state index >= 15 is 0 Å². The van der Waals surface area contributed by atoms with Gasteiger partial charge in [0.25, 0.3) is 0 Å². The Morgan fingerprint density at radius 2 is 2.00 bits per heavy atom. The quantitative estimate of drug-likeness (QED) is 0.811. The van der Waals surface area contributed by atoms with Crippen molar-refractivity contribution in [1.82, 2.24) is 5.32 Å². The summed E-state index contributed by atoms with van der Waals surface area (Å²) in [4.78, 5) is 22.8. The molecule has 5 nitrogen and oxygen atoms in total. The van der Waals surface area contributed by atoms with Crippen molar-refractivity contribution < 1.29 is 19.4 Å². The van der Waals surface area contributed by atoms with E-state index in [1.165, 1.54) is 0 Å². The van der Waals surface area contributed by atoms with Gasteiger partial charge in [-0.1, -0.05) is 12.1 Å². The Kier molecular flexibility index (Phi) is 5.81. The average Bonchev–Trinajstić information content (AvgIpc) is 2.95. The number of benzene rings is 1. The lowest BCUT2D eigenvalue weighted by Gasteiger charge is -2.12. The maximum Gasteiger partial charge on any atom is 0.306 e. The van der Waals surface area contributed by atoms with Crippen LogP contribution in [0.4, 0.5) is 0 Å². The lowest BCUT2D eigenvalue weighted by atomic mass is 10.1. The summed E-state index contributed by atoms with van der Waals surface area (Å²) in [5, 5.41) is 11.9. The first-order chi connectivity index (χ1) is 10.6. The third kappa shape index (κ3) is 4.76. The molecule has 1 saturated carbocycles. The number of nitrogens with one attached hydrogen (secondary N) is 1. The molecule has 1 aliphatic rings. The molecule has 0 aliphatic heterocycles. The van der Waals surface area contributed by atoms with Gasteiger partial charge in [-0.15, -0.1) is 0 Å². The largest absolute Gasteiger partial charge is 0.494 e. The van der Waals surface area contributed by atoms with Crippen molar-refractivity contribution in [3.8, 4) is 5.75 Å². The minimum atomic E-state index is -0.758. The summed E-state index contributed by atoms with van der Waals surface area (Å²) in [5.74, 6) is -0.242. The number of hydrogen-bond donors (Lipinski definition) is 2. The molecular formula is C17H23NO4. The maximum atomic E-state index is 11.9. The molecule has 0 aromatic heterocycles. The van der Waals surface area contributed by atoms with E-state index in [0.29, 0.717) is 32.3 Å². The van der Waals surface area contributed by atoms with Gasteiger partial charge in [0.05, 0.1) is 12.5 Å². The fourth-order valence-corrected chi connectivity index (χ4v) is 2.81. The SMILES string of the molecule is CCOc1ccc(CCC(=O)N[C@H]2CC[C@@H](C(=O)O)C2)cc1. The molecule has 22 heavy (non-hydrogen) atoms. The highest BCUT2D eigenvalue weighted by molar-refractivity contribution is 5.77. The molecule has 0 unspecified atom stereocenters. The summed E-state index contributed by atoms with van der Waals surface area (Å²) in [6, 6.07) is 7.76. The van der Waals surface area contributed by atoms with Crippen molar-refractivity contribution in [3.05, 3.63) is 29.8 Å². The average molecular weight is 305 g/mol. The van der Waals surface area contributed by atoms with Crippen LogP contribution in [0.1, 0.15) is 38.2 Å². The van der Waals surface area contributed by atoms with Gasteiger partial charge in [0.1, 0.15) is 5.75 Å². The van der Waals surface area contributed by atoms with Crippen LogP contribution in [0, 0.1) is 5.92 Å². The van der Waals surface area contributed by atoms with Crippen LogP contribution in [-0.2, 0) is 16.0 Å². The molecule has 5 heteroatoms. The van der Waals surface area contributed by atoms with E-state index in [4.69, 9.17) is 9.84 Å². The van der Waals surface area contributed by atoms with Gasteiger partial charge in [0.15, 0.2) is 0 Å². The molecule has 1 aliphatic carbocycles. The fourth-order valence-electron chi connectivity index (χ4n) is 2.81. The summed E-state index contributed by atoms with van der Waals surface area (Å²) in [6.07, 6.45) is 3.05. The second-order valence-corrected chi connectivity index (χ2v) is 5.69. The molecule has 0 bridgehead atoms. The number of carboxylic acid groups (broad SMARTS) is 1. The lowest BCUT2D eigenvalue weighted by Crippen LogP contribution is -2.33. The second-order valence-electron chi connectivity index (χ2n) is 5.69. The van der Waals surface area contributed by atoms with Gasteiger partial charge in [0, 0.05) is 12.5 Å². The van der Waals surface area contributed by atoms with Crippen LogP contribution in [0.15, 0.2) is 24.3 Å². The first kappa shape index (κ1) is 16.3. The Hall–Kier alpha value is -2.04. The Labute approximate surface area is 130 Å². The highest BCUT2D eigenvalue weighted by atomic mass is 16.5. The molecule has 2 rings (SSSR count). The number of hydrogen-bond acceptors (Lipinski definition) is 3. The molecular weight excluding hydrogens is 282 g/mol. The lowest BCUT2D eigenvalue weighted by molar-refractivity contribution is -0.141. The zero-order chi connectivity index (χ0) is 15.9. The molecule has 0 heterocycles. The molecule has 1 amide bonds. The van der Waals surface area contributed by atoms with E-state index < -0.39 is 5.97 Å². The molecule has 2 atom stereocenters. The number of ether oxygens (including phenoxy) is 1. The number of rotatable bonds is 7. The number of carbonyl (C=O) groups excluding carboxylic acids is 1. The normalized spacial score (nSPS) is 20.6. The fraction of sp³-hybridized carbons (Fsp3) is 0.529. The number of aryl methyl sites for hydroxylation is 1. The molecule has 1 fully saturated rings. The standard InChI is InChI=1S/C17H23NO4/c1-2-22-15-8-3-12(4-9-15)5-10-16(19)18-14-7-6-13(11-14)17(20)21/h3-4,8-9,13-14H,2,5-7,10-11H2,1H3,(H,18,19)(H,20,21)/t13-,14+/m1/s1. The van der Waals surface area contributed by atoms with Gasteiger partial charge in [-0.05, 0) is 50.3 Å². The summed E-state index contributed by atoms with van der Waals surface area (Å²) < 4.78 is 5.38. The third-order valence-corrected chi connectivity index (χ3v) is 4.02. The molecule has 0 saturated heterocycles. The van der Waals surface area contributed by atoms with Crippen molar-refractivity contribution in [2.24, 2.45) is 5.92 Å². The topological polar surface area (TPSA) is 75.6 Å².